The van der Waals surface area contributed by atoms with Gasteiger partial charge in [-0.1, -0.05) is 18.2 Å². The lowest BCUT2D eigenvalue weighted by Crippen LogP contribution is -2.14. The predicted octanol–water partition coefficient (Wildman–Crippen LogP) is 3.37. The van der Waals surface area contributed by atoms with Crippen LogP contribution in [0, 0.1) is 5.92 Å². The number of fused-ring (bicyclic) bond motifs is 1. The molecule has 0 aliphatic heterocycles. The molecule has 2 heterocycles. The van der Waals surface area contributed by atoms with Gasteiger partial charge in [0, 0.05) is 24.4 Å². The fourth-order valence-corrected chi connectivity index (χ4v) is 2.52. The van der Waals surface area contributed by atoms with E-state index in [0.717, 1.165) is 24.0 Å². The van der Waals surface area contributed by atoms with Crippen molar-refractivity contribution in [3.05, 3.63) is 54.9 Å². The molecular formula is C17H15N3O. The van der Waals surface area contributed by atoms with Crippen LogP contribution >= 0.6 is 0 Å². The summed E-state index contributed by atoms with van der Waals surface area (Å²) in [5.41, 5.74) is 2.14. The molecule has 0 bridgehead atoms. The fraction of sp³-hybridized carbons (Fsp3) is 0.176. The lowest BCUT2D eigenvalue weighted by atomic mass is 10.2. The largest absolute Gasteiger partial charge is 0.316 e. The first kappa shape index (κ1) is 12.1. The number of hydrogen-bond donors (Lipinski definition) is 1. The second-order valence-electron chi connectivity index (χ2n) is 5.41. The topological polar surface area (TPSA) is 46.9 Å². The van der Waals surface area contributed by atoms with E-state index in [1.54, 1.807) is 6.20 Å². The molecule has 4 heteroatoms. The maximum atomic E-state index is 11.8. The van der Waals surface area contributed by atoms with Gasteiger partial charge in [0.1, 0.15) is 5.82 Å². The second-order valence-corrected chi connectivity index (χ2v) is 5.41. The molecule has 1 amide bonds. The highest BCUT2D eigenvalue weighted by molar-refractivity contribution is 5.93. The smallest absolute Gasteiger partial charge is 0.228 e. The van der Waals surface area contributed by atoms with Gasteiger partial charge in [0.2, 0.25) is 5.91 Å². The zero-order valence-corrected chi connectivity index (χ0v) is 11.5. The minimum atomic E-state index is 0.0806. The van der Waals surface area contributed by atoms with Crippen molar-refractivity contribution >= 4 is 22.6 Å². The Bertz CT molecular complexity index is 818. The van der Waals surface area contributed by atoms with Crippen molar-refractivity contribution in [3.8, 4) is 5.69 Å². The van der Waals surface area contributed by atoms with Crippen molar-refractivity contribution in [3.63, 3.8) is 0 Å². The Morgan fingerprint density at radius 1 is 1.19 bits per heavy atom. The number of anilines is 1. The van der Waals surface area contributed by atoms with E-state index in [0.29, 0.717) is 5.82 Å². The number of amides is 1. The van der Waals surface area contributed by atoms with Gasteiger partial charge in [-0.15, -0.1) is 0 Å². The summed E-state index contributed by atoms with van der Waals surface area (Å²) >= 11 is 0. The summed E-state index contributed by atoms with van der Waals surface area (Å²) in [5.74, 6) is 0.877. The summed E-state index contributed by atoms with van der Waals surface area (Å²) in [6.45, 7) is 0. The Morgan fingerprint density at radius 2 is 2.05 bits per heavy atom. The zero-order chi connectivity index (χ0) is 14.2. The Balaban J connectivity index is 1.70. The van der Waals surface area contributed by atoms with Gasteiger partial charge in [0.05, 0.1) is 11.2 Å². The molecule has 4 rings (SSSR count). The maximum Gasteiger partial charge on any atom is 0.228 e. The van der Waals surface area contributed by atoms with E-state index in [2.05, 4.69) is 33.1 Å². The molecule has 0 unspecified atom stereocenters. The molecule has 0 atom stereocenters. The Morgan fingerprint density at radius 3 is 2.90 bits per heavy atom. The van der Waals surface area contributed by atoms with E-state index in [-0.39, 0.29) is 11.8 Å². The number of aromatic nitrogens is 2. The molecule has 0 saturated heterocycles. The van der Waals surface area contributed by atoms with Crippen molar-refractivity contribution in [1.82, 2.24) is 9.55 Å². The molecule has 104 valence electrons. The van der Waals surface area contributed by atoms with Gasteiger partial charge >= 0.3 is 0 Å². The zero-order valence-electron chi connectivity index (χ0n) is 11.5. The summed E-state index contributed by atoms with van der Waals surface area (Å²) in [7, 11) is 0. The number of benzene rings is 1. The van der Waals surface area contributed by atoms with Crippen molar-refractivity contribution in [2.75, 3.05) is 5.32 Å². The van der Waals surface area contributed by atoms with E-state index in [9.17, 15) is 4.79 Å². The fourth-order valence-electron chi connectivity index (χ4n) is 2.52. The van der Waals surface area contributed by atoms with E-state index < -0.39 is 0 Å². The minimum absolute atomic E-state index is 0.0806. The van der Waals surface area contributed by atoms with Crippen LogP contribution in [0.4, 0.5) is 5.82 Å². The standard InChI is InChI=1S/C17H15N3O/c21-17(13-5-6-13)19-16-11-14(7-9-18-16)20-10-8-12-3-1-2-4-15(12)20/h1-4,7-11,13H,5-6H2,(H,18,19,21). The second kappa shape index (κ2) is 4.74. The first-order valence-electron chi connectivity index (χ1n) is 7.15. The van der Waals surface area contributed by atoms with E-state index in [1.165, 1.54) is 5.39 Å². The van der Waals surface area contributed by atoms with Crippen LogP contribution < -0.4 is 5.32 Å². The highest BCUT2D eigenvalue weighted by Gasteiger charge is 2.29. The molecule has 0 radical (unpaired) electrons. The highest BCUT2D eigenvalue weighted by atomic mass is 16.2. The van der Waals surface area contributed by atoms with Crippen LogP contribution in [0.15, 0.2) is 54.9 Å². The summed E-state index contributed by atoms with van der Waals surface area (Å²) in [4.78, 5) is 16.1. The monoisotopic (exact) mass is 277 g/mol. The molecule has 1 aliphatic rings. The Kier molecular flexibility index (Phi) is 2.74. The van der Waals surface area contributed by atoms with Gasteiger partial charge in [-0.05, 0) is 36.4 Å². The summed E-state index contributed by atoms with van der Waals surface area (Å²) in [6, 6.07) is 14.2. The molecule has 1 N–H and O–H groups in total. The van der Waals surface area contributed by atoms with Gasteiger partial charge < -0.3 is 9.88 Å². The lowest BCUT2D eigenvalue weighted by molar-refractivity contribution is -0.117. The molecule has 21 heavy (non-hydrogen) atoms. The number of hydrogen-bond acceptors (Lipinski definition) is 2. The molecular weight excluding hydrogens is 262 g/mol. The molecule has 1 saturated carbocycles. The summed E-state index contributed by atoms with van der Waals surface area (Å²) in [6.07, 6.45) is 5.75. The van der Waals surface area contributed by atoms with Crippen LogP contribution in [0.3, 0.4) is 0 Å². The van der Waals surface area contributed by atoms with Crippen LogP contribution in [0.1, 0.15) is 12.8 Å². The molecule has 2 aromatic heterocycles. The predicted molar refractivity (Wildman–Crippen MR) is 82.4 cm³/mol. The van der Waals surface area contributed by atoms with Crippen LogP contribution in [0.5, 0.6) is 0 Å². The Hall–Kier alpha value is -2.62. The minimum Gasteiger partial charge on any atom is -0.316 e. The first-order valence-corrected chi connectivity index (χ1v) is 7.15. The highest BCUT2D eigenvalue weighted by Crippen LogP contribution is 2.30. The summed E-state index contributed by atoms with van der Waals surface area (Å²) in [5, 5.41) is 4.08. The van der Waals surface area contributed by atoms with E-state index >= 15 is 0 Å². The van der Waals surface area contributed by atoms with Crippen LogP contribution in [0.2, 0.25) is 0 Å². The van der Waals surface area contributed by atoms with Gasteiger partial charge in [0.25, 0.3) is 0 Å². The van der Waals surface area contributed by atoms with Gasteiger partial charge in [-0.2, -0.15) is 0 Å². The number of nitrogens with one attached hydrogen (secondary N) is 1. The third kappa shape index (κ3) is 2.29. The molecule has 3 aromatic rings. The van der Waals surface area contributed by atoms with E-state index in [1.807, 2.05) is 30.5 Å². The first-order chi connectivity index (χ1) is 10.3. The molecule has 1 aromatic carbocycles. The summed E-state index contributed by atoms with van der Waals surface area (Å²) < 4.78 is 2.10. The van der Waals surface area contributed by atoms with Gasteiger partial charge in [0.15, 0.2) is 0 Å². The van der Waals surface area contributed by atoms with Crippen molar-refractivity contribution in [2.24, 2.45) is 5.92 Å². The van der Waals surface area contributed by atoms with Crippen LogP contribution in [-0.2, 0) is 4.79 Å². The van der Waals surface area contributed by atoms with Crippen molar-refractivity contribution in [2.45, 2.75) is 12.8 Å². The molecule has 4 nitrogen and oxygen atoms in total. The van der Waals surface area contributed by atoms with Gasteiger partial charge in [-0.3, -0.25) is 4.79 Å². The maximum absolute atomic E-state index is 11.8. The number of carbonyl (C=O) groups excluding carboxylic acids is 1. The average molecular weight is 277 g/mol. The van der Waals surface area contributed by atoms with Crippen molar-refractivity contribution in [1.29, 1.82) is 0 Å². The number of rotatable bonds is 3. The van der Waals surface area contributed by atoms with Crippen LogP contribution in [0.25, 0.3) is 16.6 Å². The molecule has 1 fully saturated rings. The molecule has 0 spiro atoms. The quantitative estimate of drug-likeness (QED) is 0.797. The number of nitrogens with zero attached hydrogens (tertiary/aromatic N) is 2. The Labute approximate surface area is 122 Å². The third-order valence-corrected chi connectivity index (χ3v) is 3.82. The van der Waals surface area contributed by atoms with E-state index in [4.69, 9.17) is 0 Å². The third-order valence-electron chi connectivity index (χ3n) is 3.82. The molecule has 1 aliphatic carbocycles. The lowest BCUT2D eigenvalue weighted by Gasteiger charge is -2.08. The SMILES string of the molecule is O=C(Nc1cc(-n2ccc3ccccc32)ccn1)C1CC1. The number of pyridine rings is 1. The van der Waals surface area contributed by atoms with Crippen LogP contribution in [-0.4, -0.2) is 15.5 Å². The van der Waals surface area contributed by atoms with Gasteiger partial charge in [-0.25, -0.2) is 4.98 Å². The number of para-hydroxylation sites is 1. The number of carbonyl (C=O) groups is 1. The normalized spacial score (nSPS) is 14.3. The van der Waals surface area contributed by atoms with Crippen molar-refractivity contribution < 1.29 is 4.79 Å². The average Bonchev–Trinajstić information content (AvgIpc) is 3.27.